The molecule has 2 aromatic rings. The summed E-state index contributed by atoms with van der Waals surface area (Å²) in [7, 11) is -3.54. The zero-order valence-corrected chi connectivity index (χ0v) is 16.1. The van der Waals surface area contributed by atoms with Crippen molar-refractivity contribution in [1.29, 1.82) is 0 Å². The SMILES string of the molecule is Cc1ccc(S(=O)(=O)N2CCN(C(=O)CCc3ccccc3F)CC2)cc1. The van der Waals surface area contributed by atoms with E-state index in [1.165, 1.54) is 10.4 Å². The van der Waals surface area contributed by atoms with E-state index in [1.807, 2.05) is 6.92 Å². The fourth-order valence-corrected chi connectivity index (χ4v) is 4.56. The van der Waals surface area contributed by atoms with E-state index in [4.69, 9.17) is 0 Å². The third-order valence-corrected chi connectivity index (χ3v) is 6.73. The molecule has 27 heavy (non-hydrogen) atoms. The molecule has 0 radical (unpaired) electrons. The average Bonchev–Trinajstić information content (AvgIpc) is 2.67. The van der Waals surface area contributed by atoms with Gasteiger partial charge in [-0.05, 0) is 37.1 Å². The lowest BCUT2D eigenvalue weighted by atomic mass is 10.1. The van der Waals surface area contributed by atoms with Gasteiger partial charge in [0, 0.05) is 32.6 Å². The molecule has 2 aromatic carbocycles. The number of hydrogen-bond acceptors (Lipinski definition) is 3. The minimum atomic E-state index is -3.54. The van der Waals surface area contributed by atoms with Crippen molar-refractivity contribution < 1.29 is 17.6 Å². The summed E-state index contributed by atoms with van der Waals surface area (Å²) in [5, 5.41) is 0. The van der Waals surface area contributed by atoms with Gasteiger partial charge >= 0.3 is 0 Å². The maximum atomic E-state index is 13.7. The molecule has 0 atom stereocenters. The van der Waals surface area contributed by atoms with Crippen LogP contribution in [0.15, 0.2) is 53.4 Å². The largest absolute Gasteiger partial charge is 0.340 e. The van der Waals surface area contributed by atoms with E-state index in [-0.39, 0.29) is 36.1 Å². The lowest BCUT2D eigenvalue weighted by molar-refractivity contribution is -0.132. The summed E-state index contributed by atoms with van der Waals surface area (Å²) in [5.74, 6) is -0.384. The molecular formula is C20H23FN2O3S. The van der Waals surface area contributed by atoms with E-state index in [2.05, 4.69) is 0 Å². The predicted molar refractivity (Wildman–Crippen MR) is 101 cm³/mol. The molecule has 1 aliphatic heterocycles. The first-order valence-electron chi connectivity index (χ1n) is 8.96. The Morgan fingerprint density at radius 3 is 2.26 bits per heavy atom. The van der Waals surface area contributed by atoms with Gasteiger partial charge in [0.1, 0.15) is 5.82 Å². The molecule has 7 heteroatoms. The number of amides is 1. The minimum absolute atomic E-state index is 0.0781. The number of nitrogens with zero attached hydrogens (tertiary/aromatic N) is 2. The molecule has 1 aliphatic rings. The second-order valence-corrected chi connectivity index (χ2v) is 8.63. The Hall–Kier alpha value is -2.25. The first-order chi connectivity index (χ1) is 12.9. The highest BCUT2D eigenvalue weighted by atomic mass is 32.2. The van der Waals surface area contributed by atoms with Crippen LogP contribution in [0.4, 0.5) is 4.39 Å². The third-order valence-electron chi connectivity index (χ3n) is 4.82. The summed E-state index contributed by atoms with van der Waals surface area (Å²) in [6, 6.07) is 13.2. The highest BCUT2D eigenvalue weighted by Crippen LogP contribution is 2.19. The lowest BCUT2D eigenvalue weighted by Gasteiger charge is -2.34. The van der Waals surface area contributed by atoms with Crippen LogP contribution in [0.5, 0.6) is 0 Å². The molecular weight excluding hydrogens is 367 g/mol. The number of carbonyl (C=O) groups excluding carboxylic acids is 1. The summed E-state index contributed by atoms with van der Waals surface area (Å²) < 4.78 is 40.5. The Morgan fingerprint density at radius 2 is 1.63 bits per heavy atom. The lowest BCUT2D eigenvalue weighted by Crippen LogP contribution is -2.50. The van der Waals surface area contributed by atoms with Crippen LogP contribution in [0.25, 0.3) is 0 Å². The smallest absolute Gasteiger partial charge is 0.243 e. The molecule has 0 aromatic heterocycles. The summed E-state index contributed by atoms with van der Waals surface area (Å²) in [6.07, 6.45) is 0.555. The molecule has 5 nitrogen and oxygen atoms in total. The highest BCUT2D eigenvalue weighted by molar-refractivity contribution is 7.89. The molecule has 0 bridgehead atoms. The van der Waals surface area contributed by atoms with Crippen LogP contribution in [-0.4, -0.2) is 49.7 Å². The van der Waals surface area contributed by atoms with Gasteiger partial charge in [-0.15, -0.1) is 0 Å². The van der Waals surface area contributed by atoms with Crippen molar-refractivity contribution in [2.24, 2.45) is 0 Å². The van der Waals surface area contributed by atoms with Crippen molar-refractivity contribution >= 4 is 15.9 Å². The van der Waals surface area contributed by atoms with Crippen LogP contribution in [0, 0.1) is 12.7 Å². The molecule has 0 N–H and O–H groups in total. The maximum Gasteiger partial charge on any atom is 0.243 e. The van der Waals surface area contributed by atoms with Gasteiger partial charge < -0.3 is 4.90 Å². The summed E-state index contributed by atoms with van der Waals surface area (Å²) >= 11 is 0. The molecule has 0 spiro atoms. The topological polar surface area (TPSA) is 57.7 Å². The van der Waals surface area contributed by atoms with Crippen LogP contribution in [-0.2, 0) is 21.2 Å². The number of carbonyl (C=O) groups is 1. The number of rotatable bonds is 5. The number of aryl methyl sites for hydroxylation is 2. The standard InChI is InChI=1S/C20H23FN2O3S/c1-16-6-9-18(10-7-16)27(25,26)23-14-12-22(13-15-23)20(24)11-8-17-4-2-3-5-19(17)21/h2-7,9-10H,8,11-15H2,1H3. The Bertz CT molecular complexity index is 905. The van der Waals surface area contributed by atoms with Crippen molar-refractivity contribution in [3.8, 4) is 0 Å². The number of piperazine rings is 1. The molecule has 1 heterocycles. The minimum Gasteiger partial charge on any atom is -0.340 e. The summed E-state index contributed by atoms with van der Waals surface area (Å²) in [6.45, 7) is 3.13. The van der Waals surface area contributed by atoms with E-state index in [0.29, 0.717) is 25.1 Å². The number of sulfonamides is 1. The molecule has 144 valence electrons. The van der Waals surface area contributed by atoms with Crippen molar-refractivity contribution in [2.45, 2.75) is 24.7 Å². The van der Waals surface area contributed by atoms with Crippen molar-refractivity contribution in [3.63, 3.8) is 0 Å². The average molecular weight is 390 g/mol. The fraction of sp³-hybridized carbons (Fsp3) is 0.350. The van der Waals surface area contributed by atoms with Gasteiger partial charge in [-0.25, -0.2) is 12.8 Å². The maximum absolute atomic E-state index is 13.7. The Morgan fingerprint density at radius 1 is 1.00 bits per heavy atom. The monoisotopic (exact) mass is 390 g/mol. The molecule has 0 aliphatic carbocycles. The number of hydrogen-bond donors (Lipinski definition) is 0. The van der Waals surface area contributed by atoms with Gasteiger partial charge in [-0.2, -0.15) is 4.31 Å². The van der Waals surface area contributed by atoms with Crippen LogP contribution in [0.2, 0.25) is 0 Å². The Balaban J connectivity index is 1.56. The summed E-state index contributed by atoms with van der Waals surface area (Å²) in [4.78, 5) is 14.3. The molecule has 0 unspecified atom stereocenters. The molecule has 0 saturated carbocycles. The Kier molecular flexibility index (Phi) is 5.92. The van der Waals surface area contributed by atoms with Gasteiger partial charge in [0.2, 0.25) is 15.9 Å². The van der Waals surface area contributed by atoms with Gasteiger partial charge in [-0.1, -0.05) is 35.9 Å². The number of benzene rings is 2. The molecule has 1 amide bonds. The second-order valence-electron chi connectivity index (χ2n) is 6.69. The van der Waals surface area contributed by atoms with Crippen LogP contribution in [0.3, 0.4) is 0 Å². The van der Waals surface area contributed by atoms with Crippen LogP contribution in [0.1, 0.15) is 17.5 Å². The number of halogens is 1. The van der Waals surface area contributed by atoms with E-state index in [1.54, 1.807) is 47.4 Å². The zero-order valence-electron chi connectivity index (χ0n) is 15.3. The zero-order chi connectivity index (χ0) is 19.4. The normalized spacial score (nSPS) is 15.7. The van der Waals surface area contributed by atoms with Crippen LogP contribution < -0.4 is 0 Å². The quantitative estimate of drug-likeness (QED) is 0.789. The van der Waals surface area contributed by atoms with E-state index in [0.717, 1.165) is 5.56 Å². The predicted octanol–water partition coefficient (Wildman–Crippen LogP) is 2.60. The van der Waals surface area contributed by atoms with Crippen molar-refractivity contribution in [1.82, 2.24) is 9.21 Å². The second kappa shape index (κ2) is 8.19. The Labute approximate surface area is 159 Å². The van der Waals surface area contributed by atoms with Gasteiger partial charge in [0.05, 0.1) is 4.90 Å². The van der Waals surface area contributed by atoms with Gasteiger partial charge in [-0.3, -0.25) is 4.79 Å². The van der Waals surface area contributed by atoms with Gasteiger partial charge in [0.15, 0.2) is 0 Å². The van der Waals surface area contributed by atoms with Crippen LogP contribution >= 0.6 is 0 Å². The van der Waals surface area contributed by atoms with E-state index in [9.17, 15) is 17.6 Å². The van der Waals surface area contributed by atoms with E-state index < -0.39 is 10.0 Å². The first kappa shape index (κ1) is 19.5. The van der Waals surface area contributed by atoms with E-state index >= 15 is 0 Å². The van der Waals surface area contributed by atoms with Gasteiger partial charge in [0.25, 0.3) is 0 Å². The first-order valence-corrected chi connectivity index (χ1v) is 10.4. The molecule has 3 rings (SSSR count). The fourth-order valence-electron chi connectivity index (χ4n) is 3.14. The molecule has 1 saturated heterocycles. The molecule has 1 fully saturated rings. The highest BCUT2D eigenvalue weighted by Gasteiger charge is 2.29. The summed E-state index contributed by atoms with van der Waals surface area (Å²) in [5.41, 5.74) is 1.52. The third kappa shape index (κ3) is 4.54. The van der Waals surface area contributed by atoms with Crippen molar-refractivity contribution in [2.75, 3.05) is 26.2 Å². The van der Waals surface area contributed by atoms with Crippen molar-refractivity contribution in [3.05, 3.63) is 65.5 Å².